The van der Waals surface area contributed by atoms with Gasteiger partial charge >= 0.3 is 0 Å². The van der Waals surface area contributed by atoms with Crippen LogP contribution < -0.4 is 5.32 Å². The maximum absolute atomic E-state index is 12.0. The number of nitrogens with one attached hydrogen (secondary N) is 1. The van der Waals surface area contributed by atoms with Gasteiger partial charge in [-0.25, -0.2) is 0 Å². The average molecular weight is 274 g/mol. The zero-order valence-electron chi connectivity index (χ0n) is 10.8. The Morgan fingerprint density at radius 1 is 1.47 bits per heavy atom. The third-order valence-corrected chi connectivity index (χ3v) is 4.68. The van der Waals surface area contributed by atoms with Crippen molar-refractivity contribution in [1.82, 2.24) is 5.32 Å². The minimum atomic E-state index is -0.589. The first-order valence-electron chi connectivity index (χ1n) is 6.62. The molecule has 2 unspecified atom stereocenters. The molecule has 1 saturated heterocycles. The van der Waals surface area contributed by atoms with Crippen LogP contribution in [0.15, 0.2) is 30.3 Å². The monoisotopic (exact) mass is 274 g/mol. The number of hydrogen-bond donors (Lipinski definition) is 1. The van der Waals surface area contributed by atoms with Crippen molar-refractivity contribution in [3.8, 4) is 6.07 Å². The Hall–Kier alpha value is -1.47. The van der Waals surface area contributed by atoms with Gasteiger partial charge in [0.2, 0.25) is 5.91 Å². The molecule has 1 aromatic carbocycles. The topological polar surface area (TPSA) is 52.9 Å². The predicted molar refractivity (Wildman–Crippen MR) is 77.7 cm³/mol. The highest BCUT2D eigenvalue weighted by atomic mass is 32.2. The van der Waals surface area contributed by atoms with Crippen molar-refractivity contribution in [1.29, 1.82) is 5.26 Å². The van der Waals surface area contributed by atoms with Crippen molar-refractivity contribution < 1.29 is 4.79 Å². The molecule has 1 heterocycles. The molecule has 1 fully saturated rings. The first-order valence-corrected chi connectivity index (χ1v) is 7.67. The maximum Gasteiger partial charge on any atom is 0.237 e. The van der Waals surface area contributed by atoms with E-state index in [0.717, 1.165) is 5.56 Å². The number of hydrogen-bond acceptors (Lipinski definition) is 3. The van der Waals surface area contributed by atoms with E-state index in [2.05, 4.69) is 11.4 Å². The van der Waals surface area contributed by atoms with Gasteiger partial charge in [0.15, 0.2) is 0 Å². The normalized spacial score (nSPS) is 19.6. The summed E-state index contributed by atoms with van der Waals surface area (Å²) in [7, 11) is 0. The van der Waals surface area contributed by atoms with E-state index in [1.165, 1.54) is 18.6 Å². The standard InChI is InChI=1S/C15H18N2OS/c16-10-13(9-12-5-2-1-3-6-12)15(18)17-11-14-7-4-8-19-14/h1-3,5-6,13-14H,4,7-9,11H2,(H,17,18). The zero-order chi connectivity index (χ0) is 13.5. The Morgan fingerprint density at radius 3 is 2.89 bits per heavy atom. The van der Waals surface area contributed by atoms with Gasteiger partial charge in [0.25, 0.3) is 0 Å². The van der Waals surface area contributed by atoms with Crippen molar-refractivity contribution >= 4 is 17.7 Å². The summed E-state index contributed by atoms with van der Waals surface area (Å²) in [5, 5.41) is 12.6. The summed E-state index contributed by atoms with van der Waals surface area (Å²) in [4.78, 5) is 12.0. The van der Waals surface area contributed by atoms with Crippen LogP contribution in [-0.4, -0.2) is 23.5 Å². The first kappa shape index (κ1) is 14.0. The van der Waals surface area contributed by atoms with E-state index in [1.807, 2.05) is 42.1 Å². The number of nitrogens with zero attached hydrogens (tertiary/aromatic N) is 1. The lowest BCUT2D eigenvalue weighted by Crippen LogP contribution is -2.35. The molecule has 0 spiro atoms. The average Bonchev–Trinajstić information content (AvgIpc) is 2.96. The number of thioether (sulfide) groups is 1. The summed E-state index contributed by atoms with van der Waals surface area (Å²) in [6.07, 6.45) is 2.89. The molecular formula is C15H18N2OS. The fourth-order valence-electron chi connectivity index (χ4n) is 2.19. The van der Waals surface area contributed by atoms with Gasteiger partial charge in [-0.3, -0.25) is 4.79 Å². The van der Waals surface area contributed by atoms with Gasteiger partial charge in [0, 0.05) is 11.8 Å². The van der Waals surface area contributed by atoms with Crippen LogP contribution in [-0.2, 0) is 11.2 Å². The summed E-state index contributed by atoms with van der Waals surface area (Å²) in [6, 6.07) is 11.8. The quantitative estimate of drug-likeness (QED) is 0.897. The lowest BCUT2D eigenvalue weighted by molar-refractivity contribution is -0.123. The second kappa shape index (κ2) is 7.20. The summed E-state index contributed by atoms with van der Waals surface area (Å²) < 4.78 is 0. The largest absolute Gasteiger partial charge is 0.354 e. The van der Waals surface area contributed by atoms with E-state index >= 15 is 0 Å². The molecule has 0 saturated carbocycles. The fourth-order valence-corrected chi connectivity index (χ4v) is 3.39. The van der Waals surface area contributed by atoms with E-state index in [9.17, 15) is 4.79 Å². The molecular weight excluding hydrogens is 256 g/mol. The summed E-state index contributed by atoms with van der Waals surface area (Å²) in [6.45, 7) is 0.691. The van der Waals surface area contributed by atoms with E-state index in [1.54, 1.807) is 0 Å². The van der Waals surface area contributed by atoms with Crippen molar-refractivity contribution in [3.63, 3.8) is 0 Å². The molecule has 1 aliphatic rings. The van der Waals surface area contributed by atoms with Crippen molar-refractivity contribution in [2.75, 3.05) is 12.3 Å². The molecule has 2 rings (SSSR count). The number of benzene rings is 1. The van der Waals surface area contributed by atoms with Crippen LogP contribution in [0.4, 0.5) is 0 Å². The van der Waals surface area contributed by atoms with Crippen LogP contribution in [0.3, 0.4) is 0 Å². The Kier molecular flexibility index (Phi) is 5.29. The summed E-state index contributed by atoms with van der Waals surface area (Å²) in [5.74, 6) is 0.458. The van der Waals surface area contributed by atoms with Crippen LogP contribution >= 0.6 is 11.8 Å². The Morgan fingerprint density at radius 2 is 2.26 bits per heavy atom. The van der Waals surface area contributed by atoms with Gasteiger partial charge in [0.05, 0.1) is 6.07 Å². The number of amides is 1. The summed E-state index contributed by atoms with van der Waals surface area (Å²) in [5.41, 5.74) is 1.03. The molecule has 4 heteroatoms. The molecule has 100 valence electrons. The second-order valence-corrected chi connectivity index (χ2v) is 6.16. The van der Waals surface area contributed by atoms with Gasteiger partial charge < -0.3 is 5.32 Å². The molecule has 1 N–H and O–H groups in total. The van der Waals surface area contributed by atoms with Gasteiger partial charge in [-0.05, 0) is 30.6 Å². The molecule has 1 aromatic rings. The lowest BCUT2D eigenvalue weighted by Gasteiger charge is -2.13. The number of rotatable bonds is 5. The minimum absolute atomic E-state index is 0.140. The molecule has 0 aliphatic carbocycles. The van der Waals surface area contributed by atoms with Gasteiger partial charge in [-0.1, -0.05) is 30.3 Å². The predicted octanol–water partition coefficient (Wildman–Crippen LogP) is 2.38. The van der Waals surface area contributed by atoms with E-state index in [4.69, 9.17) is 5.26 Å². The third kappa shape index (κ3) is 4.29. The van der Waals surface area contributed by atoms with Gasteiger partial charge in [0.1, 0.15) is 5.92 Å². The van der Waals surface area contributed by atoms with Crippen molar-refractivity contribution in [2.45, 2.75) is 24.5 Å². The van der Waals surface area contributed by atoms with E-state index < -0.39 is 5.92 Å². The van der Waals surface area contributed by atoms with Crippen LogP contribution in [0.5, 0.6) is 0 Å². The molecule has 2 atom stereocenters. The van der Waals surface area contributed by atoms with Crippen molar-refractivity contribution in [3.05, 3.63) is 35.9 Å². The van der Waals surface area contributed by atoms with Crippen molar-refractivity contribution in [2.24, 2.45) is 5.92 Å². The highest BCUT2D eigenvalue weighted by molar-refractivity contribution is 8.00. The first-order chi connectivity index (χ1) is 9.29. The highest BCUT2D eigenvalue weighted by Gasteiger charge is 2.21. The van der Waals surface area contributed by atoms with E-state index in [0.29, 0.717) is 18.2 Å². The van der Waals surface area contributed by atoms with E-state index in [-0.39, 0.29) is 5.91 Å². The minimum Gasteiger partial charge on any atom is -0.354 e. The fraction of sp³-hybridized carbons (Fsp3) is 0.467. The Labute approximate surface area is 118 Å². The maximum atomic E-state index is 12.0. The SMILES string of the molecule is N#CC(Cc1ccccc1)C(=O)NCC1CCCS1. The van der Waals surface area contributed by atoms with Crippen LogP contribution in [0.2, 0.25) is 0 Å². The molecule has 19 heavy (non-hydrogen) atoms. The Balaban J connectivity index is 1.83. The molecule has 1 amide bonds. The zero-order valence-corrected chi connectivity index (χ0v) is 11.7. The number of carbonyl (C=O) groups excluding carboxylic acids is 1. The third-order valence-electron chi connectivity index (χ3n) is 3.28. The number of nitriles is 1. The molecule has 3 nitrogen and oxygen atoms in total. The number of carbonyl (C=O) groups is 1. The smallest absolute Gasteiger partial charge is 0.237 e. The summed E-state index contributed by atoms with van der Waals surface area (Å²) >= 11 is 1.91. The molecule has 0 bridgehead atoms. The van der Waals surface area contributed by atoms with Gasteiger partial charge in [-0.2, -0.15) is 17.0 Å². The highest BCUT2D eigenvalue weighted by Crippen LogP contribution is 2.25. The van der Waals surface area contributed by atoms with Crippen LogP contribution in [0.1, 0.15) is 18.4 Å². The van der Waals surface area contributed by atoms with Crippen LogP contribution in [0.25, 0.3) is 0 Å². The molecule has 1 aliphatic heterocycles. The Bertz CT molecular complexity index is 449. The molecule has 0 radical (unpaired) electrons. The van der Waals surface area contributed by atoms with Crippen LogP contribution in [0, 0.1) is 17.2 Å². The van der Waals surface area contributed by atoms with Gasteiger partial charge in [-0.15, -0.1) is 0 Å². The molecule has 0 aromatic heterocycles. The lowest BCUT2D eigenvalue weighted by atomic mass is 10.00. The second-order valence-electron chi connectivity index (χ2n) is 4.75.